The summed E-state index contributed by atoms with van der Waals surface area (Å²) in [4.78, 5) is 25.8. The fourth-order valence-electron chi connectivity index (χ4n) is 3.17. The maximum atomic E-state index is 12.5. The van der Waals surface area contributed by atoms with Crippen molar-refractivity contribution in [3.63, 3.8) is 0 Å². The van der Waals surface area contributed by atoms with Crippen LogP contribution in [-0.2, 0) is 9.59 Å². The van der Waals surface area contributed by atoms with Crippen LogP contribution in [0.5, 0.6) is 5.75 Å². The van der Waals surface area contributed by atoms with Gasteiger partial charge in [-0.05, 0) is 24.3 Å². The molecule has 0 radical (unpaired) electrons. The maximum absolute atomic E-state index is 12.5. The van der Waals surface area contributed by atoms with Crippen LogP contribution in [0.2, 0.25) is 5.02 Å². The van der Waals surface area contributed by atoms with Gasteiger partial charge in [-0.25, -0.2) is 0 Å². The molecule has 2 aromatic rings. The molecule has 0 unspecified atom stereocenters. The van der Waals surface area contributed by atoms with Crippen LogP contribution in [0.4, 0.5) is 5.69 Å². The van der Waals surface area contributed by atoms with Gasteiger partial charge < -0.3 is 15.4 Å². The Balaban J connectivity index is 1.43. The van der Waals surface area contributed by atoms with Gasteiger partial charge in [-0.1, -0.05) is 29.8 Å². The Bertz CT molecular complexity index is 874. The van der Waals surface area contributed by atoms with Gasteiger partial charge >= 0.3 is 0 Å². The number of halogens is 1. The molecule has 2 N–H and O–H groups in total. The largest absolute Gasteiger partial charge is 0.493 e. The lowest BCUT2D eigenvalue weighted by Gasteiger charge is -2.28. The molecule has 4 rings (SSSR count). The van der Waals surface area contributed by atoms with Crippen molar-refractivity contribution in [1.29, 1.82) is 0 Å². The topological polar surface area (TPSA) is 67.4 Å². The van der Waals surface area contributed by atoms with Crippen molar-refractivity contribution in [2.24, 2.45) is 0 Å². The number of thioether (sulfide) groups is 1. The molecule has 0 saturated carbocycles. The Morgan fingerprint density at radius 1 is 1.31 bits per heavy atom. The molecular weight excluding hydrogens is 372 g/mol. The van der Waals surface area contributed by atoms with Gasteiger partial charge in [0.2, 0.25) is 11.8 Å². The highest BCUT2D eigenvalue weighted by atomic mass is 35.5. The number of para-hydroxylation sites is 1. The fraction of sp³-hybridized carbons (Fsp3) is 0.263. The summed E-state index contributed by atoms with van der Waals surface area (Å²) >= 11 is 7.35. The normalized spacial score (nSPS) is 21.0. The molecule has 2 heterocycles. The number of carbonyl (C=O) groups excluding carboxylic acids is 2. The Kier molecular flexibility index (Phi) is 4.78. The monoisotopic (exact) mass is 388 g/mol. The lowest BCUT2D eigenvalue weighted by atomic mass is 10.0. The molecule has 7 heteroatoms. The van der Waals surface area contributed by atoms with Crippen LogP contribution >= 0.6 is 23.4 Å². The summed E-state index contributed by atoms with van der Waals surface area (Å²) in [5.41, 5.74) is 1.68. The number of anilines is 1. The minimum atomic E-state index is -0.459. The van der Waals surface area contributed by atoms with E-state index < -0.39 is 5.25 Å². The zero-order chi connectivity index (χ0) is 18.1. The molecule has 2 atom stereocenters. The van der Waals surface area contributed by atoms with Crippen LogP contribution in [0.3, 0.4) is 0 Å². The summed E-state index contributed by atoms with van der Waals surface area (Å²) in [6.07, 6.45) is 0.839. The Labute approximate surface area is 160 Å². The predicted molar refractivity (Wildman–Crippen MR) is 102 cm³/mol. The number of amides is 2. The Morgan fingerprint density at radius 3 is 3.04 bits per heavy atom. The van der Waals surface area contributed by atoms with Crippen molar-refractivity contribution in [3.8, 4) is 5.75 Å². The average molecular weight is 389 g/mol. The van der Waals surface area contributed by atoms with Gasteiger partial charge in [-0.3, -0.25) is 9.59 Å². The summed E-state index contributed by atoms with van der Waals surface area (Å²) < 4.78 is 5.62. The lowest BCUT2D eigenvalue weighted by Crippen LogP contribution is -2.37. The lowest BCUT2D eigenvalue weighted by molar-refractivity contribution is -0.124. The van der Waals surface area contributed by atoms with E-state index in [0.717, 1.165) is 16.2 Å². The van der Waals surface area contributed by atoms with Crippen molar-refractivity contribution in [1.82, 2.24) is 5.32 Å². The number of hydrogen-bond acceptors (Lipinski definition) is 4. The van der Waals surface area contributed by atoms with Crippen LogP contribution in [0.15, 0.2) is 47.4 Å². The van der Waals surface area contributed by atoms with Gasteiger partial charge in [-0.2, -0.15) is 0 Å². The molecular formula is C19H17ClN2O3S. The van der Waals surface area contributed by atoms with Gasteiger partial charge in [0.1, 0.15) is 5.75 Å². The molecule has 0 spiro atoms. The predicted octanol–water partition coefficient (Wildman–Crippen LogP) is 3.78. The number of fused-ring (bicyclic) bond motifs is 2. The summed E-state index contributed by atoms with van der Waals surface area (Å²) in [5.74, 6) is 0.490. The zero-order valence-corrected chi connectivity index (χ0v) is 15.4. The first-order valence-corrected chi connectivity index (χ1v) is 9.64. The summed E-state index contributed by atoms with van der Waals surface area (Å²) in [5, 5.41) is 5.98. The first-order chi connectivity index (χ1) is 12.6. The second-order valence-electron chi connectivity index (χ2n) is 6.24. The molecule has 2 aliphatic rings. The third kappa shape index (κ3) is 3.52. The van der Waals surface area contributed by atoms with Crippen LogP contribution in [0, 0.1) is 0 Å². The second-order valence-corrected chi connectivity index (χ2v) is 7.92. The highest BCUT2D eigenvalue weighted by Crippen LogP contribution is 2.38. The van der Waals surface area contributed by atoms with Gasteiger partial charge in [0.15, 0.2) is 0 Å². The van der Waals surface area contributed by atoms with E-state index in [4.69, 9.17) is 16.3 Å². The van der Waals surface area contributed by atoms with Crippen LogP contribution < -0.4 is 15.4 Å². The van der Waals surface area contributed by atoms with E-state index in [2.05, 4.69) is 10.6 Å². The number of hydrogen-bond donors (Lipinski definition) is 2. The minimum Gasteiger partial charge on any atom is -0.493 e. The Hall–Kier alpha value is -2.18. The fourth-order valence-corrected chi connectivity index (χ4v) is 4.43. The van der Waals surface area contributed by atoms with E-state index in [1.165, 1.54) is 11.8 Å². The van der Waals surface area contributed by atoms with E-state index in [0.29, 0.717) is 23.7 Å². The number of rotatable bonds is 3. The SMILES string of the molecule is O=C(C[C@@H]1Sc2ccc(Cl)cc2NC1=O)N[C@H]1CCOc2ccccc21. The number of benzene rings is 2. The standard InChI is InChI=1S/C19H17ClN2O3S/c20-11-5-6-16-14(9-11)22-19(24)17(26-16)10-18(23)21-13-7-8-25-15-4-2-1-3-12(13)15/h1-6,9,13,17H,7-8,10H2,(H,21,23)(H,22,24)/t13-,17-/m0/s1. The molecule has 2 aromatic carbocycles. The van der Waals surface area contributed by atoms with Crippen molar-refractivity contribution >= 4 is 40.9 Å². The highest BCUT2D eigenvalue weighted by Gasteiger charge is 2.30. The Morgan fingerprint density at radius 2 is 2.15 bits per heavy atom. The van der Waals surface area contributed by atoms with E-state index in [1.807, 2.05) is 30.3 Å². The molecule has 26 heavy (non-hydrogen) atoms. The van der Waals surface area contributed by atoms with Crippen molar-refractivity contribution in [2.45, 2.75) is 29.0 Å². The van der Waals surface area contributed by atoms with Gasteiger partial charge in [0.25, 0.3) is 0 Å². The molecule has 5 nitrogen and oxygen atoms in total. The minimum absolute atomic E-state index is 0.0878. The molecule has 0 aliphatic carbocycles. The molecule has 134 valence electrons. The molecule has 2 aliphatic heterocycles. The first kappa shape index (κ1) is 17.2. The quantitative estimate of drug-likeness (QED) is 0.839. The number of nitrogens with one attached hydrogen (secondary N) is 2. The third-order valence-electron chi connectivity index (χ3n) is 4.43. The van der Waals surface area contributed by atoms with Crippen LogP contribution in [-0.4, -0.2) is 23.7 Å². The smallest absolute Gasteiger partial charge is 0.238 e. The second kappa shape index (κ2) is 7.21. The summed E-state index contributed by atoms with van der Waals surface area (Å²) in [6, 6.07) is 13.0. The van der Waals surface area contributed by atoms with E-state index in [9.17, 15) is 9.59 Å². The first-order valence-electron chi connectivity index (χ1n) is 8.38. The van der Waals surface area contributed by atoms with Gasteiger partial charge in [-0.15, -0.1) is 11.8 Å². The number of ether oxygens (including phenoxy) is 1. The van der Waals surface area contributed by atoms with Crippen molar-refractivity contribution in [3.05, 3.63) is 53.1 Å². The van der Waals surface area contributed by atoms with E-state index in [1.54, 1.807) is 12.1 Å². The van der Waals surface area contributed by atoms with E-state index >= 15 is 0 Å². The third-order valence-corrected chi connectivity index (χ3v) is 5.94. The van der Waals surface area contributed by atoms with Gasteiger partial charge in [0, 0.05) is 28.3 Å². The van der Waals surface area contributed by atoms with Crippen molar-refractivity contribution in [2.75, 3.05) is 11.9 Å². The molecule has 0 aromatic heterocycles. The molecule has 0 bridgehead atoms. The van der Waals surface area contributed by atoms with E-state index in [-0.39, 0.29) is 24.3 Å². The molecule has 0 saturated heterocycles. The zero-order valence-electron chi connectivity index (χ0n) is 13.8. The summed E-state index contributed by atoms with van der Waals surface area (Å²) in [7, 11) is 0. The average Bonchev–Trinajstić information content (AvgIpc) is 2.63. The van der Waals surface area contributed by atoms with Crippen LogP contribution in [0.1, 0.15) is 24.4 Å². The summed E-state index contributed by atoms with van der Waals surface area (Å²) in [6.45, 7) is 0.564. The molecule has 0 fully saturated rings. The van der Waals surface area contributed by atoms with Crippen LogP contribution in [0.25, 0.3) is 0 Å². The van der Waals surface area contributed by atoms with Gasteiger partial charge in [0.05, 0.1) is 23.6 Å². The highest BCUT2D eigenvalue weighted by molar-refractivity contribution is 8.01. The maximum Gasteiger partial charge on any atom is 0.238 e. The number of carbonyl (C=O) groups is 2. The molecule has 2 amide bonds. The van der Waals surface area contributed by atoms with Crippen molar-refractivity contribution < 1.29 is 14.3 Å².